The van der Waals surface area contributed by atoms with E-state index in [0.29, 0.717) is 22.8 Å². The van der Waals surface area contributed by atoms with Gasteiger partial charge in [0.25, 0.3) is 0 Å². The summed E-state index contributed by atoms with van der Waals surface area (Å²) in [4.78, 5) is 13.0. The second kappa shape index (κ2) is 7.34. The fourth-order valence-electron chi connectivity index (χ4n) is 4.00. The van der Waals surface area contributed by atoms with Crippen molar-refractivity contribution in [2.45, 2.75) is 25.7 Å². The largest absolute Gasteiger partial charge is 0.456 e. The molecule has 0 saturated heterocycles. The van der Waals surface area contributed by atoms with Gasteiger partial charge < -0.3 is 9.15 Å². The van der Waals surface area contributed by atoms with E-state index in [1.54, 1.807) is 0 Å². The summed E-state index contributed by atoms with van der Waals surface area (Å²) in [5, 5.41) is 0.832. The summed E-state index contributed by atoms with van der Waals surface area (Å²) in [7, 11) is 0. The normalized spacial score (nSPS) is 15.6. The molecule has 30 heavy (non-hydrogen) atoms. The van der Waals surface area contributed by atoms with Crippen LogP contribution in [0.1, 0.15) is 47.9 Å². The van der Waals surface area contributed by atoms with Gasteiger partial charge in [0.15, 0.2) is 0 Å². The van der Waals surface area contributed by atoms with E-state index in [9.17, 15) is 4.79 Å². The number of ether oxygens (including phenoxy) is 1. The Hall–Kier alpha value is -3.59. The van der Waals surface area contributed by atoms with Crippen molar-refractivity contribution in [1.82, 2.24) is 0 Å². The first-order chi connectivity index (χ1) is 14.6. The summed E-state index contributed by atoms with van der Waals surface area (Å²) >= 11 is 0. The fraction of sp³-hybridized carbons (Fsp3) is 0.148. The summed E-state index contributed by atoms with van der Waals surface area (Å²) in [6.45, 7) is 4.30. The summed E-state index contributed by atoms with van der Waals surface area (Å²) in [6, 6.07) is 26.0. The van der Waals surface area contributed by atoms with E-state index in [4.69, 9.17) is 9.15 Å². The number of fused-ring (bicyclic) bond motifs is 3. The molecule has 3 nitrogen and oxygen atoms in total. The number of benzene rings is 3. The highest BCUT2D eigenvalue weighted by atomic mass is 16.5. The van der Waals surface area contributed by atoms with E-state index in [2.05, 4.69) is 19.9 Å². The number of hydrogen-bond donors (Lipinski definition) is 0. The smallest absolute Gasteiger partial charge is 0.344 e. The monoisotopic (exact) mass is 394 g/mol. The zero-order valence-electron chi connectivity index (χ0n) is 17.0. The Morgan fingerprint density at radius 3 is 2.27 bits per heavy atom. The van der Waals surface area contributed by atoms with Crippen LogP contribution in [0.3, 0.4) is 0 Å². The number of allylic oxidation sites excluding steroid dienone is 1. The fourth-order valence-corrected chi connectivity index (χ4v) is 4.00. The zero-order valence-corrected chi connectivity index (χ0v) is 17.0. The first-order valence-corrected chi connectivity index (χ1v) is 10.2. The van der Waals surface area contributed by atoms with Gasteiger partial charge in [0.1, 0.15) is 17.1 Å². The predicted molar refractivity (Wildman–Crippen MR) is 120 cm³/mol. The van der Waals surface area contributed by atoms with Crippen molar-refractivity contribution in [2.24, 2.45) is 0 Å². The summed E-state index contributed by atoms with van der Waals surface area (Å²) in [5.74, 6) is 1.46. The van der Waals surface area contributed by atoms with Gasteiger partial charge in [-0.25, -0.2) is 4.79 Å². The molecule has 1 unspecified atom stereocenters. The van der Waals surface area contributed by atoms with Gasteiger partial charge in [-0.1, -0.05) is 80.6 Å². The quantitative estimate of drug-likeness (QED) is 0.373. The summed E-state index contributed by atoms with van der Waals surface area (Å²) in [6.07, 6.45) is 2.02. The topological polar surface area (TPSA) is 39.4 Å². The van der Waals surface area contributed by atoms with E-state index >= 15 is 0 Å². The van der Waals surface area contributed by atoms with E-state index in [1.807, 2.05) is 78.9 Å². The van der Waals surface area contributed by atoms with Crippen LogP contribution >= 0.6 is 0 Å². The lowest BCUT2D eigenvalue weighted by Gasteiger charge is -2.25. The van der Waals surface area contributed by atoms with Crippen molar-refractivity contribution < 1.29 is 9.15 Å². The van der Waals surface area contributed by atoms with Crippen molar-refractivity contribution in [2.75, 3.05) is 0 Å². The molecular formula is C27H22O3. The Labute approximate surface area is 175 Å². The Morgan fingerprint density at radius 2 is 1.57 bits per heavy atom. The highest BCUT2D eigenvalue weighted by molar-refractivity contribution is 5.88. The molecule has 0 fully saturated rings. The SMILES string of the molecule is CC(C)c1ccc2oc(=O)c3c(c2c1)OC(c1ccccc1)=CC3c1ccccc1. The van der Waals surface area contributed by atoms with Crippen LogP contribution in [0.5, 0.6) is 5.75 Å². The minimum Gasteiger partial charge on any atom is -0.456 e. The van der Waals surface area contributed by atoms with E-state index < -0.39 is 0 Å². The maximum Gasteiger partial charge on any atom is 0.344 e. The van der Waals surface area contributed by atoms with Gasteiger partial charge in [-0.15, -0.1) is 0 Å². The Kier molecular flexibility index (Phi) is 4.51. The molecule has 4 aromatic rings. The van der Waals surface area contributed by atoms with Crippen LogP contribution in [0.4, 0.5) is 0 Å². The van der Waals surface area contributed by atoms with Crippen molar-refractivity contribution in [3.05, 3.63) is 118 Å². The molecule has 0 bridgehead atoms. The van der Waals surface area contributed by atoms with Crippen molar-refractivity contribution >= 4 is 16.7 Å². The lowest BCUT2D eigenvalue weighted by atomic mass is 9.87. The second-order valence-electron chi connectivity index (χ2n) is 7.93. The van der Waals surface area contributed by atoms with Gasteiger partial charge in [-0.2, -0.15) is 0 Å². The van der Waals surface area contributed by atoms with Crippen molar-refractivity contribution in [3.63, 3.8) is 0 Å². The lowest BCUT2D eigenvalue weighted by molar-refractivity contribution is 0.472. The molecule has 1 atom stereocenters. The lowest BCUT2D eigenvalue weighted by Crippen LogP contribution is -2.19. The summed E-state index contributed by atoms with van der Waals surface area (Å²) in [5.41, 5.74) is 3.92. The van der Waals surface area contributed by atoms with Gasteiger partial charge in [0.05, 0.1) is 10.9 Å². The van der Waals surface area contributed by atoms with Crippen molar-refractivity contribution in [3.8, 4) is 5.75 Å². The maximum atomic E-state index is 13.0. The molecule has 2 heterocycles. The van der Waals surface area contributed by atoms with Crippen LogP contribution < -0.4 is 10.4 Å². The van der Waals surface area contributed by atoms with Crippen molar-refractivity contribution in [1.29, 1.82) is 0 Å². The summed E-state index contributed by atoms with van der Waals surface area (Å²) < 4.78 is 12.1. The molecule has 0 amide bonds. The van der Waals surface area contributed by atoms with Gasteiger partial charge in [-0.05, 0) is 35.3 Å². The van der Waals surface area contributed by atoms with E-state index in [1.165, 1.54) is 5.56 Å². The Balaban J connectivity index is 1.80. The minimum absolute atomic E-state index is 0.242. The van der Waals surface area contributed by atoms with E-state index in [-0.39, 0.29) is 11.5 Å². The second-order valence-corrected chi connectivity index (χ2v) is 7.93. The van der Waals surface area contributed by atoms with E-state index in [0.717, 1.165) is 22.3 Å². The Morgan fingerprint density at radius 1 is 0.867 bits per heavy atom. The third-order valence-corrected chi connectivity index (χ3v) is 5.64. The first kappa shape index (κ1) is 18.4. The minimum atomic E-state index is -0.355. The molecule has 0 saturated carbocycles. The molecule has 0 spiro atoms. The average Bonchev–Trinajstić information content (AvgIpc) is 2.79. The predicted octanol–water partition coefficient (Wildman–Crippen LogP) is 6.48. The van der Waals surface area contributed by atoms with Crippen LogP contribution in [0.2, 0.25) is 0 Å². The van der Waals surface area contributed by atoms with Gasteiger partial charge >= 0.3 is 5.63 Å². The Bertz CT molecular complexity index is 1300. The first-order valence-electron chi connectivity index (χ1n) is 10.2. The molecule has 1 aliphatic rings. The maximum absolute atomic E-state index is 13.0. The average molecular weight is 394 g/mol. The van der Waals surface area contributed by atoms with Gasteiger partial charge in [0.2, 0.25) is 0 Å². The number of hydrogen-bond acceptors (Lipinski definition) is 3. The van der Waals surface area contributed by atoms with Crippen LogP contribution in [-0.2, 0) is 0 Å². The molecule has 1 aliphatic heterocycles. The highest BCUT2D eigenvalue weighted by Gasteiger charge is 2.30. The van der Waals surface area contributed by atoms with Crippen LogP contribution in [0, 0.1) is 0 Å². The molecule has 0 radical (unpaired) electrons. The van der Waals surface area contributed by atoms with Crippen LogP contribution in [-0.4, -0.2) is 0 Å². The van der Waals surface area contributed by atoms with Gasteiger partial charge in [0, 0.05) is 11.5 Å². The molecular weight excluding hydrogens is 372 g/mol. The molecule has 0 aliphatic carbocycles. The standard InChI is InChI=1S/C27H22O3/c1-17(2)20-13-14-23-22(15-20)26-25(27(28)30-23)21(18-9-5-3-6-10-18)16-24(29-26)19-11-7-4-8-12-19/h3-17,21H,1-2H3. The molecule has 0 N–H and O–H groups in total. The van der Waals surface area contributed by atoms with Gasteiger partial charge in [-0.3, -0.25) is 0 Å². The third-order valence-electron chi connectivity index (χ3n) is 5.64. The molecule has 148 valence electrons. The van der Waals surface area contributed by atoms with Crippen LogP contribution in [0.15, 0.2) is 94.2 Å². The highest BCUT2D eigenvalue weighted by Crippen LogP contribution is 2.43. The third kappa shape index (κ3) is 3.13. The molecule has 5 rings (SSSR count). The molecule has 3 aromatic carbocycles. The zero-order chi connectivity index (χ0) is 20.7. The molecule has 1 aromatic heterocycles. The number of rotatable bonds is 3. The van der Waals surface area contributed by atoms with Crippen LogP contribution in [0.25, 0.3) is 16.7 Å². The molecule has 3 heteroatoms.